The molecule has 4 rings (SSSR count). The maximum Gasteiger partial charge on any atom is 0.340 e. The van der Waals surface area contributed by atoms with Gasteiger partial charge in [0.15, 0.2) is 5.69 Å². The average molecular weight is 367 g/mol. The normalized spacial score (nSPS) is 15.7. The fourth-order valence-corrected chi connectivity index (χ4v) is 2.74. The van der Waals surface area contributed by atoms with Crippen molar-refractivity contribution in [3.63, 3.8) is 0 Å². The molecule has 8 heteroatoms. The van der Waals surface area contributed by atoms with Gasteiger partial charge in [0.2, 0.25) is 6.23 Å². The molecule has 1 amide bonds. The fraction of sp³-hybridized carbons (Fsp3) is 0.0556. The van der Waals surface area contributed by atoms with Crippen LogP contribution in [0.25, 0.3) is 0 Å². The van der Waals surface area contributed by atoms with Crippen molar-refractivity contribution in [3.05, 3.63) is 83.0 Å². The van der Waals surface area contributed by atoms with Gasteiger partial charge in [-0.1, -0.05) is 29.8 Å². The molecule has 2 aromatic heterocycles. The summed E-state index contributed by atoms with van der Waals surface area (Å²) in [5.41, 5.74) is 0.745. The SMILES string of the molecule is O=C(O[C@@H]1c2nccnc2C(=O)N1c1ccc(Cl)cn1)c1ccccc1. The number of anilines is 1. The molecule has 0 saturated heterocycles. The minimum absolute atomic E-state index is 0.120. The van der Waals surface area contributed by atoms with Gasteiger partial charge < -0.3 is 4.74 Å². The van der Waals surface area contributed by atoms with E-state index in [1.165, 1.54) is 23.5 Å². The molecule has 0 bridgehead atoms. The number of carbonyl (C=O) groups is 2. The monoisotopic (exact) mass is 366 g/mol. The molecule has 0 spiro atoms. The molecule has 0 fully saturated rings. The number of amides is 1. The summed E-state index contributed by atoms with van der Waals surface area (Å²) in [6.45, 7) is 0. The van der Waals surface area contributed by atoms with Crippen molar-refractivity contribution < 1.29 is 14.3 Å². The van der Waals surface area contributed by atoms with Gasteiger partial charge in [0.05, 0.1) is 10.6 Å². The van der Waals surface area contributed by atoms with Gasteiger partial charge in [-0.25, -0.2) is 19.7 Å². The zero-order valence-corrected chi connectivity index (χ0v) is 14.0. The van der Waals surface area contributed by atoms with Gasteiger partial charge in [-0.2, -0.15) is 0 Å². The number of benzene rings is 1. The van der Waals surface area contributed by atoms with E-state index in [-0.39, 0.29) is 17.2 Å². The zero-order chi connectivity index (χ0) is 18.1. The fourth-order valence-electron chi connectivity index (χ4n) is 2.62. The van der Waals surface area contributed by atoms with Crippen molar-refractivity contribution in [2.45, 2.75) is 6.23 Å². The van der Waals surface area contributed by atoms with Crippen molar-refractivity contribution in [1.82, 2.24) is 15.0 Å². The first kappa shape index (κ1) is 16.2. The lowest BCUT2D eigenvalue weighted by Crippen LogP contribution is -2.31. The number of fused-ring (bicyclic) bond motifs is 1. The third kappa shape index (κ3) is 2.78. The number of pyridine rings is 1. The summed E-state index contributed by atoms with van der Waals surface area (Å²) in [5, 5.41) is 0.423. The highest BCUT2D eigenvalue weighted by Crippen LogP contribution is 2.35. The molecular weight excluding hydrogens is 356 g/mol. The van der Waals surface area contributed by atoms with Gasteiger partial charge in [0, 0.05) is 18.6 Å². The Kier molecular flexibility index (Phi) is 4.06. The maximum atomic E-state index is 12.8. The van der Waals surface area contributed by atoms with Crippen LogP contribution in [-0.4, -0.2) is 26.8 Å². The first-order valence-corrected chi connectivity index (χ1v) is 8.05. The Balaban J connectivity index is 1.74. The van der Waals surface area contributed by atoms with Crippen molar-refractivity contribution in [2.24, 2.45) is 0 Å². The number of hydrogen-bond acceptors (Lipinski definition) is 6. The van der Waals surface area contributed by atoms with E-state index >= 15 is 0 Å². The van der Waals surface area contributed by atoms with Crippen LogP contribution >= 0.6 is 11.6 Å². The van der Waals surface area contributed by atoms with E-state index in [1.807, 2.05) is 0 Å². The molecule has 0 unspecified atom stereocenters. The van der Waals surface area contributed by atoms with Crippen LogP contribution in [0, 0.1) is 0 Å². The molecule has 128 valence electrons. The second-order valence-corrected chi connectivity index (χ2v) is 5.86. The number of aromatic nitrogens is 3. The molecule has 0 aliphatic carbocycles. The lowest BCUT2D eigenvalue weighted by molar-refractivity contribution is 0.0298. The number of ether oxygens (including phenoxy) is 1. The van der Waals surface area contributed by atoms with Gasteiger partial charge in [0.25, 0.3) is 5.91 Å². The predicted molar refractivity (Wildman–Crippen MR) is 92.7 cm³/mol. The molecular formula is C18H11ClN4O3. The van der Waals surface area contributed by atoms with Crippen molar-refractivity contribution in [3.8, 4) is 0 Å². The molecule has 26 heavy (non-hydrogen) atoms. The van der Waals surface area contributed by atoms with Crippen LogP contribution in [0.5, 0.6) is 0 Å². The van der Waals surface area contributed by atoms with Gasteiger partial charge in [-0.05, 0) is 24.3 Å². The molecule has 1 aromatic carbocycles. The number of halogens is 1. The van der Waals surface area contributed by atoms with Gasteiger partial charge in [0.1, 0.15) is 11.5 Å². The zero-order valence-electron chi connectivity index (χ0n) is 13.2. The molecule has 0 saturated carbocycles. The third-order valence-corrected chi connectivity index (χ3v) is 4.03. The quantitative estimate of drug-likeness (QED) is 0.662. The molecule has 7 nitrogen and oxygen atoms in total. The highest BCUT2D eigenvalue weighted by Gasteiger charge is 2.43. The Bertz CT molecular complexity index is 979. The smallest absolute Gasteiger partial charge is 0.340 e. The summed E-state index contributed by atoms with van der Waals surface area (Å²) in [7, 11) is 0. The second-order valence-electron chi connectivity index (χ2n) is 5.42. The summed E-state index contributed by atoms with van der Waals surface area (Å²) in [6.07, 6.45) is 3.19. The first-order valence-electron chi connectivity index (χ1n) is 7.67. The lowest BCUT2D eigenvalue weighted by Gasteiger charge is -2.23. The summed E-state index contributed by atoms with van der Waals surface area (Å²) in [4.78, 5) is 38.9. The largest absolute Gasteiger partial charge is 0.431 e. The number of esters is 1. The highest BCUT2D eigenvalue weighted by molar-refractivity contribution is 6.30. The summed E-state index contributed by atoms with van der Waals surface area (Å²) in [5.74, 6) is -0.750. The summed E-state index contributed by atoms with van der Waals surface area (Å²) in [6, 6.07) is 11.7. The molecule has 1 aliphatic heterocycles. The number of carbonyl (C=O) groups excluding carboxylic acids is 2. The van der Waals surface area contributed by atoms with Crippen LogP contribution in [0.2, 0.25) is 5.02 Å². The topological polar surface area (TPSA) is 85.3 Å². The van der Waals surface area contributed by atoms with Crippen LogP contribution < -0.4 is 4.90 Å². The molecule has 1 aliphatic rings. The molecule has 1 atom stereocenters. The van der Waals surface area contributed by atoms with E-state index in [0.717, 1.165) is 0 Å². The second kappa shape index (κ2) is 6.53. The lowest BCUT2D eigenvalue weighted by atomic mass is 10.2. The minimum atomic E-state index is -1.06. The molecule has 0 radical (unpaired) electrons. The van der Waals surface area contributed by atoms with Crippen LogP contribution in [0.3, 0.4) is 0 Å². The van der Waals surface area contributed by atoms with Crippen LogP contribution in [0.4, 0.5) is 5.82 Å². The molecule has 3 aromatic rings. The highest BCUT2D eigenvalue weighted by atomic mass is 35.5. The number of hydrogen-bond donors (Lipinski definition) is 0. The molecule has 0 N–H and O–H groups in total. The van der Waals surface area contributed by atoms with Gasteiger partial charge in [-0.15, -0.1) is 0 Å². The van der Waals surface area contributed by atoms with E-state index < -0.39 is 18.1 Å². The average Bonchev–Trinajstić information content (AvgIpc) is 2.95. The van der Waals surface area contributed by atoms with Crippen molar-refractivity contribution in [1.29, 1.82) is 0 Å². The van der Waals surface area contributed by atoms with Crippen LogP contribution in [0.15, 0.2) is 61.1 Å². The number of nitrogens with zero attached hydrogens (tertiary/aromatic N) is 4. The first-order chi connectivity index (χ1) is 12.6. The molecule has 3 heterocycles. The van der Waals surface area contributed by atoms with E-state index in [4.69, 9.17) is 16.3 Å². The Hall–Kier alpha value is -3.32. The van der Waals surface area contributed by atoms with Gasteiger partial charge in [-0.3, -0.25) is 9.78 Å². The Morgan fingerprint density at radius 1 is 1.04 bits per heavy atom. The predicted octanol–water partition coefficient (Wildman–Crippen LogP) is 3.04. The van der Waals surface area contributed by atoms with Crippen LogP contribution in [-0.2, 0) is 4.74 Å². The Morgan fingerprint density at radius 2 is 1.81 bits per heavy atom. The van der Waals surface area contributed by atoms with Crippen molar-refractivity contribution in [2.75, 3.05) is 4.90 Å². The van der Waals surface area contributed by atoms with Crippen LogP contribution in [0.1, 0.15) is 32.8 Å². The van der Waals surface area contributed by atoms with E-state index in [9.17, 15) is 9.59 Å². The number of rotatable bonds is 3. The minimum Gasteiger partial charge on any atom is -0.431 e. The standard InChI is InChI=1S/C18H11ClN4O3/c19-12-6-7-13(22-10-12)23-16(24)14-15(21-9-8-20-14)17(23)26-18(25)11-4-2-1-3-5-11/h1-10,17H/t17-/m1/s1. The van der Waals surface area contributed by atoms with E-state index in [2.05, 4.69) is 15.0 Å². The summed E-state index contributed by atoms with van der Waals surface area (Å²) >= 11 is 5.87. The summed E-state index contributed by atoms with van der Waals surface area (Å²) < 4.78 is 5.58. The third-order valence-electron chi connectivity index (χ3n) is 3.80. The maximum absolute atomic E-state index is 12.8. The van der Waals surface area contributed by atoms with Gasteiger partial charge >= 0.3 is 5.97 Å². The Labute approximate surface area is 153 Å². The van der Waals surface area contributed by atoms with E-state index in [1.54, 1.807) is 42.5 Å². The Morgan fingerprint density at radius 3 is 2.54 bits per heavy atom. The van der Waals surface area contributed by atoms with E-state index in [0.29, 0.717) is 10.6 Å². The van der Waals surface area contributed by atoms with Crippen molar-refractivity contribution >= 4 is 29.3 Å².